The van der Waals surface area contributed by atoms with Crippen LogP contribution in [-0.2, 0) is 0 Å². The summed E-state index contributed by atoms with van der Waals surface area (Å²) in [5, 5.41) is 9.51. The van der Waals surface area contributed by atoms with Gasteiger partial charge in [-0.2, -0.15) is 0 Å². The minimum atomic E-state index is -1.32. The number of rotatable bonds is 4. The van der Waals surface area contributed by atoms with Gasteiger partial charge in [0.15, 0.2) is 0 Å². The number of carbonyl (C=O) groups is 1. The van der Waals surface area contributed by atoms with Crippen molar-refractivity contribution < 1.29 is 14.3 Å². The number of halogens is 2. The van der Waals surface area contributed by atoms with E-state index in [9.17, 15) is 19.1 Å². The standard InChI is InChI=1S/C19H21ClFN3O3/c1-9(22)10-4-5-23(7-10)17-14(21)6-12-16(15(17)20)24(11-2-3-11)8-13(18(12)25)19(26)27/h6,8-11H,2-5,7,22H2,1H3,(H,26,27)/t9-,10-/m1/s1. The zero-order valence-corrected chi connectivity index (χ0v) is 15.7. The molecule has 2 heterocycles. The van der Waals surface area contributed by atoms with Gasteiger partial charge in [0.1, 0.15) is 11.4 Å². The normalized spacial score (nSPS) is 21.0. The average Bonchev–Trinajstić information content (AvgIpc) is 3.32. The zero-order valence-electron chi connectivity index (χ0n) is 14.9. The SMILES string of the molecule is C[C@@H](N)[C@@H]1CCN(c2c(F)cc3c(=O)c(C(=O)O)cn(C4CC4)c3c2Cl)C1. The van der Waals surface area contributed by atoms with Crippen LogP contribution in [0.5, 0.6) is 0 Å². The molecule has 144 valence electrons. The fourth-order valence-corrected chi connectivity index (χ4v) is 4.34. The number of aromatic nitrogens is 1. The van der Waals surface area contributed by atoms with Gasteiger partial charge in [-0.25, -0.2) is 9.18 Å². The van der Waals surface area contributed by atoms with Gasteiger partial charge in [0.2, 0.25) is 5.43 Å². The number of fused-ring (bicyclic) bond motifs is 1. The summed E-state index contributed by atoms with van der Waals surface area (Å²) < 4.78 is 16.7. The molecule has 0 amide bonds. The Bertz CT molecular complexity index is 1000. The topological polar surface area (TPSA) is 88.6 Å². The van der Waals surface area contributed by atoms with E-state index in [0.29, 0.717) is 18.6 Å². The summed E-state index contributed by atoms with van der Waals surface area (Å²) >= 11 is 6.62. The summed E-state index contributed by atoms with van der Waals surface area (Å²) in [5.41, 5.74) is 5.59. The van der Waals surface area contributed by atoms with Gasteiger partial charge in [-0.15, -0.1) is 0 Å². The molecule has 2 aromatic rings. The van der Waals surface area contributed by atoms with E-state index in [2.05, 4.69) is 0 Å². The Morgan fingerprint density at radius 1 is 1.41 bits per heavy atom. The van der Waals surface area contributed by atoms with Crippen molar-refractivity contribution in [3.63, 3.8) is 0 Å². The predicted molar refractivity (Wildman–Crippen MR) is 102 cm³/mol. The first-order valence-corrected chi connectivity index (χ1v) is 9.48. The lowest BCUT2D eigenvalue weighted by Gasteiger charge is -2.24. The van der Waals surface area contributed by atoms with Crippen molar-refractivity contribution in [3.05, 3.63) is 38.9 Å². The van der Waals surface area contributed by atoms with Crippen molar-refractivity contribution in [2.75, 3.05) is 18.0 Å². The quantitative estimate of drug-likeness (QED) is 0.833. The van der Waals surface area contributed by atoms with Crippen LogP contribution in [-0.4, -0.2) is 34.8 Å². The van der Waals surface area contributed by atoms with E-state index in [1.54, 1.807) is 4.57 Å². The van der Waals surface area contributed by atoms with Crippen LogP contribution in [0.25, 0.3) is 10.9 Å². The van der Waals surface area contributed by atoms with Gasteiger partial charge < -0.3 is 20.3 Å². The van der Waals surface area contributed by atoms with Crippen LogP contribution in [0.3, 0.4) is 0 Å². The highest BCUT2D eigenvalue weighted by molar-refractivity contribution is 6.38. The van der Waals surface area contributed by atoms with Crippen molar-refractivity contribution in [2.24, 2.45) is 11.7 Å². The van der Waals surface area contributed by atoms with Crippen molar-refractivity contribution in [3.8, 4) is 0 Å². The first-order valence-electron chi connectivity index (χ1n) is 9.10. The molecule has 0 spiro atoms. The first-order chi connectivity index (χ1) is 12.8. The summed E-state index contributed by atoms with van der Waals surface area (Å²) in [6, 6.07) is 1.21. The van der Waals surface area contributed by atoms with Crippen molar-refractivity contribution in [1.82, 2.24) is 4.57 Å². The Labute approximate surface area is 160 Å². The number of anilines is 1. The van der Waals surface area contributed by atoms with Crippen LogP contribution in [0.2, 0.25) is 5.02 Å². The van der Waals surface area contributed by atoms with Gasteiger partial charge in [-0.3, -0.25) is 4.79 Å². The molecule has 2 aliphatic rings. The summed E-state index contributed by atoms with van der Waals surface area (Å²) in [7, 11) is 0. The second-order valence-electron chi connectivity index (χ2n) is 7.59. The summed E-state index contributed by atoms with van der Waals surface area (Å²) in [6.45, 7) is 3.17. The molecule has 1 saturated carbocycles. The Morgan fingerprint density at radius 3 is 2.67 bits per heavy atom. The second kappa shape index (κ2) is 6.49. The largest absolute Gasteiger partial charge is 0.477 e. The molecule has 27 heavy (non-hydrogen) atoms. The monoisotopic (exact) mass is 393 g/mol. The number of hydrogen-bond acceptors (Lipinski definition) is 4. The number of carboxylic acid groups (broad SMARTS) is 1. The molecule has 0 unspecified atom stereocenters. The Balaban J connectivity index is 1.94. The summed E-state index contributed by atoms with van der Waals surface area (Å²) in [6.07, 6.45) is 3.93. The van der Waals surface area contributed by atoms with E-state index in [4.69, 9.17) is 17.3 Å². The number of aromatic carboxylic acids is 1. The lowest BCUT2D eigenvalue weighted by atomic mass is 10.0. The van der Waals surface area contributed by atoms with Crippen LogP contribution in [0.15, 0.2) is 17.1 Å². The lowest BCUT2D eigenvalue weighted by Crippen LogP contribution is -2.30. The fraction of sp³-hybridized carbons (Fsp3) is 0.474. The highest BCUT2D eigenvalue weighted by atomic mass is 35.5. The number of benzene rings is 1. The molecular weight excluding hydrogens is 373 g/mol. The molecule has 6 nitrogen and oxygen atoms in total. The van der Waals surface area contributed by atoms with E-state index in [0.717, 1.165) is 25.3 Å². The molecule has 1 aromatic carbocycles. The average molecular weight is 394 g/mol. The first kappa shape index (κ1) is 18.3. The number of hydrogen-bond donors (Lipinski definition) is 2. The molecule has 4 rings (SSSR count). The smallest absolute Gasteiger partial charge is 0.341 e. The van der Waals surface area contributed by atoms with E-state index in [1.165, 1.54) is 6.20 Å². The number of nitrogens with zero attached hydrogens (tertiary/aromatic N) is 2. The molecule has 1 aromatic heterocycles. The Hall–Kier alpha value is -2.12. The van der Waals surface area contributed by atoms with Crippen LogP contribution in [0.1, 0.15) is 42.6 Å². The van der Waals surface area contributed by atoms with Crippen molar-refractivity contribution in [1.29, 1.82) is 0 Å². The van der Waals surface area contributed by atoms with Crippen LogP contribution < -0.4 is 16.1 Å². The zero-order chi connectivity index (χ0) is 19.5. The summed E-state index contributed by atoms with van der Waals surface area (Å²) in [5.74, 6) is -1.69. The fourth-order valence-electron chi connectivity index (χ4n) is 3.93. The molecule has 0 bridgehead atoms. The molecule has 1 aliphatic heterocycles. The van der Waals surface area contributed by atoms with Crippen molar-refractivity contribution in [2.45, 2.75) is 38.3 Å². The summed E-state index contributed by atoms with van der Waals surface area (Å²) in [4.78, 5) is 25.9. The van der Waals surface area contributed by atoms with Gasteiger partial charge in [-0.1, -0.05) is 11.6 Å². The van der Waals surface area contributed by atoms with Gasteiger partial charge >= 0.3 is 5.97 Å². The molecule has 2 fully saturated rings. The van der Waals surface area contributed by atoms with Crippen LogP contribution in [0.4, 0.5) is 10.1 Å². The number of nitrogens with two attached hydrogens (primary N) is 1. The highest BCUT2D eigenvalue weighted by Crippen LogP contribution is 2.43. The van der Waals surface area contributed by atoms with Gasteiger partial charge in [0.05, 0.1) is 21.6 Å². The third-order valence-corrected chi connectivity index (χ3v) is 6.00. The molecule has 8 heteroatoms. The number of carboxylic acids is 1. The molecule has 1 saturated heterocycles. The van der Waals surface area contributed by atoms with Crippen LogP contribution in [0, 0.1) is 11.7 Å². The maximum absolute atomic E-state index is 15.0. The van der Waals surface area contributed by atoms with E-state index >= 15 is 0 Å². The molecule has 1 aliphatic carbocycles. The molecule has 2 atom stereocenters. The maximum atomic E-state index is 15.0. The lowest BCUT2D eigenvalue weighted by molar-refractivity contribution is 0.0695. The highest BCUT2D eigenvalue weighted by Gasteiger charge is 2.32. The van der Waals surface area contributed by atoms with Gasteiger partial charge in [0.25, 0.3) is 0 Å². The minimum Gasteiger partial charge on any atom is -0.477 e. The molecule has 0 radical (unpaired) electrons. The predicted octanol–water partition coefficient (Wildman–Crippen LogP) is 3.00. The molecule has 3 N–H and O–H groups in total. The van der Waals surface area contributed by atoms with Crippen LogP contribution >= 0.6 is 11.6 Å². The maximum Gasteiger partial charge on any atom is 0.341 e. The third kappa shape index (κ3) is 2.99. The second-order valence-corrected chi connectivity index (χ2v) is 7.96. The number of pyridine rings is 1. The minimum absolute atomic E-state index is 0.0000578. The third-order valence-electron chi connectivity index (χ3n) is 5.64. The molecular formula is C19H21ClFN3O3. The Morgan fingerprint density at radius 2 is 2.11 bits per heavy atom. The van der Waals surface area contributed by atoms with Crippen molar-refractivity contribution >= 4 is 34.2 Å². The van der Waals surface area contributed by atoms with Gasteiger partial charge in [-0.05, 0) is 38.2 Å². The Kier molecular flexibility index (Phi) is 4.39. The van der Waals surface area contributed by atoms with E-state index in [-0.39, 0.29) is 39.7 Å². The van der Waals surface area contributed by atoms with Gasteiger partial charge in [0, 0.05) is 31.4 Å². The van der Waals surface area contributed by atoms with E-state index < -0.39 is 17.2 Å². The van der Waals surface area contributed by atoms with E-state index in [1.807, 2.05) is 11.8 Å².